The summed E-state index contributed by atoms with van der Waals surface area (Å²) in [6.45, 7) is 7.44. The van der Waals surface area contributed by atoms with E-state index in [-0.39, 0.29) is 5.97 Å². The summed E-state index contributed by atoms with van der Waals surface area (Å²) in [7, 11) is 0. The van der Waals surface area contributed by atoms with E-state index in [9.17, 15) is 4.79 Å². The zero-order valence-electron chi connectivity index (χ0n) is 21.1. The molecule has 0 radical (unpaired) electrons. The van der Waals surface area contributed by atoms with Crippen molar-refractivity contribution < 1.29 is 14.3 Å². The second-order valence-electron chi connectivity index (χ2n) is 9.31. The molecule has 0 N–H and O–H groups in total. The fourth-order valence-electron chi connectivity index (χ4n) is 3.87. The first-order valence-corrected chi connectivity index (χ1v) is 13.2. The molecule has 33 heavy (non-hydrogen) atoms. The van der Waals surface area contributed by atoms with E-state index in [0.717, 1.165) is 31.6 Å². The Bertz CT molecular complexity index is 764. The number of hydrogen-bond acceptors (Lipinski definition) is 3. The van der Waals surface area contributed by atoms with Gasteiger partial charge in [-0.25, -0.2) is 4.79 Å². The van der Waals surface area contributed by atoms with Gasteiger partial charge >= 0.3 is 5.97 Å². The van der Waals surface area contributed by atoms with Crippen LogP contribution in [0.1, 0.15) is 107 Å². The van der Waals surface area contributed by atoms with E-state index in [2.05, 4.69) is 20.8 Å². The van der Waals surface area contributed by atoms with Crippen LogP contribution in [0.5, 0.6) is 11.5 Å². The molecule has 0 fully saturated rings. The van der Waals surface area contributed by atoms with E-state index in [4.69, 9.17) is 9.47 Å². The van der Waals surface area contributed by atoms with Gasteiger partial charge in [0.25, 0.3) is 0 Å². The number of ether oxygens (including phenoxy) is 2. The lowest BCUT2D eigenvalue weighted by molar-refractivity contribution is 0.0734. The SMILES string of the molecule is CCCCCCCCCCCCOc1ccc(C(=O)Oc2ccc(CC(C)CC)cc2)cc1. The molecule has 2 aromatic rings. The first-order chi connectivity index (χ1) is 16.1. The molecule has 1 unspecified atom stereocenters. The summed E-state index contributed by atoms with van der Waals surface area (Å²) < 4.78 is 11.4. The van der Waals surface area contributed by atoms with Crippen LogP contribution in [-0.4, -0.2) is 12.6 Å². The van der Waals surface area contributed by atoms with Crippen LogP contribution in [0.4, 0.5) is 0 Å². The molecule has 2 aromatic carbocycles. The monoisotopic (exact) mass is 452 g/mol. The highest BCUT2D eigenvalue weighted by atomic mass is 16.5. The molecule has 0 heterocycles. The van der Waals surface area contributed by atoms with Crippen molar-refractivity contribution in [2.24, 2.45) is 5.92 Å². The highest BCUT2D eigenvalue weighted by Gasteiger charge is 2.09. The summed E-state index contributed by atoms with van der Waals surface area (Å²) >= 11 is 0. The van der Waals surface area contributed by atoms with E-state index in [1.165, 1.54) is 63.4 Å². The van der Waals surface area contributed by atoms with Crippen LogP contribution in [0.25, 0.3) is 0 Å². The predicted molar refractivity (Wildman–Crippen MR) is 138 cm³/mol. The second-order valence-corrected chi connectivity index (χ2v) is 9.31. The molecule has 0 aliphatic carbocycles. The first kappa shape index (κ1) is 27.0. The molecule has 0 saturated heterocycles. The zero-order chi connectivity index (χ0) is 23.7. The molecule has 0 saturated carbocycles. The minimum absolute atomic E-state index is 0.342. The average Bonchev–Trinajstić information content (AvgIpc) is 2.84. The predicted octanol–water partition coefficient (Wildman–Crippen LogP) is 8.79. The Hall–Kier alpha value is -2.29. The Kier molecular flexibility index (Phi) is 13.4. The van der Waals surface area contributed by atoms with Crippen molar-refractivity contribution in [3.05, 3.63) is 59.7 Å². The molecule has 0 aromatic heterocycles. The fourth-order valence-corrected chi connectivity index (χ4v) is 3.87. The Morgan fingerprint density at radius 1 is 0.727 bits per heavy atom. The van der Waals surface area contributed by atoms with Crippen LogP contribution < -0.4 is 9.47 Å². The van der Waals surface area contributed by atoms with Gasteiger partial charge in [-0.15, -0.1) is 0 Å². The molecule has 3 nitrogen and oxygen atoms in total. The molecule has 0 spiro atoms. The molecule has 2 rings (SSSR count). The number of benzene rings is 2. The summed E-state index contributed by atoms with van der Waals surface area (Å²) in [6, 6.07) is 15.1. The number of carbonyl (C=O) groups is 1. The Morgan fingerprint density at radius 2 is 1.27 bits per heavy atom. The lowest BCUT2D eigenvalue weighted by atomic mass is 9.99. The lowest BCUT2D eigenvalue weighted by Crippen LogP contribution is -2.08. The summed E-state index contributed by atoms with van der Waals surface area (Å²) in [5, 5.41) is 0. The number of unbranched alkanes of at least 4 members (excludes halogenated alkanes) is 9. The number of hydrogen-bond donors (Lipinski definition) is 0. The molecule has 0 bridgehead atoms. The minimum atomic E-state index is -0.342. The van der Waals surface area contributed by atoms with Crippen molar-refractivity contribution >= 4 is 5.97 Å². The minimum Gasteiger partial charge on any atom is -0.494 e. The quantitative estimate of drug-likeness (QED) is 0.137. The van der Waals surface area contributed by atoms with Gasteiger partial charge in [0.15, 0.2) is 0 Å². The van der Waals surface area contributed by atoms with Crippen LogP contribution in [0.2, 0.25) is 0 Å². The van der Waals surface area contributed by atoms with Gasteiger partial charge in [0.1, 0.15) is 11.5 Å². The van der Waals surface area contributed by atoms with E-state index in [1.54, 1.807) is 12.1 Å². The zero-order valence-corrected chi connectivity index (χ0v) is 21.1. The van der Waals surface area contributed by atoms with E-state index >= 15 is 0 Å². The lowest BCUT2D eigenvalue weighted by Gasteiger charge is -2.10. The number of esters is 1. The smallest absolute Gasteiger partial charge is 0.343 e. The van der Waals surface area contributed by atoms with Crippen LogP contribution in [0.3, 0.4) is 0 Å². The molecule has 0 aliphatic heterocycles. The molecule has 0 amide bonds. The Morgan fingerprint density at radius 3 is 1.85 bits per heavy atom. The maximum absolute atomic E-state index is 12.4. The van der Waals surface area contributed by atoms with Crippen LogP contribution >= 0.6 is 0 Å². The average molecular weight is 453 g/mol. The molecular formula is C30H44O3. The van der Waals surface area contributed by atoms with Gasteiger partial charge in [-0.1, -0.05) is 97.1 Å². The van der Waals surface area contributed by atoms with Crippen molar-refractivity contribution in [2.75, 3.05) is 6.61 Å². The van der Waals surface area contributed by atoms with E-state index in [0.29, 0.717) is 17.2 Å². The second kappa shape index (κ2) is 16.3. The van der Waals surface area contributed by atoms with Gasteiger partial charge in [0.05, 0.1) is 12.2 Å². The third-order valence-electron chi connectivity index (χ3n) is 6.27. The van der Waals surface area contributed by atoms with Crippen LogP contribution in [0.15, 0.2) is 48.5 Å². The third-order valence-corrected chi connectivity index (χ3v) is 6.27. The molecule has 0 aliphatic rings. The van der Waals surface area contributed by atoms with E-state index < -0.39 is 0 Å². The van der Waals surface area contributed by atoms with Crippen molar-refractivity contribution in [3.8, 4) is 11.5 Å². The fraction of sp³-hybridized carbons (Fsp3) is 0.567. The van der Waals surface area contributed by atoms with Crippen molar-refractivity contribution in [2.45, 2.75) is 97.8 Å². The topological polar surface area (TPSA) is 35.5 Å². The van der Waals surface area contributed by atoms with Crippen molar-refractivity contribution in [1.29, 1.82) is 0 Å². The van der Waals surface area contributed by atoms with Gasteiger partial charge in [0.2, 0.25) is 0 Å². The number of rotatable bonds is 17. The normalized spacial score (nSPS) is 11.8. The standard InChI is InChI=1S/C30H44O3/c1-4-6-7-8-9-10-11-12-13-14-23-32-28-21-17-27(18-22-28)30(31)33-29-19-15-26(16-20-29)24-25(3)5-2/h15-22,25H,4-14,23-24H2,1-3H3. The third kappa shape index (κ3) is 11.4. The molecule has 3 heteroatoms. The van der Waals surface area contributed by atoms with Gasteiger partial charge in [-0.2, -0.15) is 0 Å². The maximum Gasteiger partial charge on any atom is 0.343 e. The maximum atomic E-state index is 12.4. The first-order valence-electron chi connectivity index (χ1n) is 13.2. The number of carbonyl (C=O) groups excluding carboxylic acids is 1. The largest absolute Gasteiger partial charge is 0.494 e. The van der Waals surface area contributed by atoms with Crippen LogP contribution in [-0.2, 0) is 6.42 Å². The molecule has 182 valence electrons. The highest BCUT2D eigenvalue weighted by molar-refractivity contribution is 5.91. The van der Waals surface area contributed by atoms with Gasteiger partial charge < -0.3 is 9.47 Å². The van der Waals surface area contributed by atoms with Gasteiger partial charge in [0, 0.05) is 0 Å². The van der Waals surface area contributed by atoms with Crippen molar-refractivity contribution in [3.63, 3.8) is 0 Å². The van der Waals surface area contributed by atoms with Crippen molar-refractivity contribution in [1.82, 2.24) is 0 Å². The summed E-state index contributed by atoms with van der Waals surface area (Å²) in [4.78, 5) is 12.4. The summed E-state index contributed by atoms with van der Waals surface area (Å²) in [6.07, 6.45) is 15.4. The van der Waals surface area contributed by atoms with Gasteiger partial charge in [-0.05, 0) is 60.7 Å². The molecule has 1 atom stereocenters. The Labute approximate surface area is 201 Å². The Balaban J connectivity index is 1.61. The van der Waals surface area contributed by atoms with Gasteiger partial charge in [-0.3, -0.25) is 0 Å². The summed E-state index contributed by atoms with van der Waals surface area (Å²) in [5.74, 6) is 1.70. The summed E-state index contributed by atoms with van der Waals surface area (Å²) in [5.41, 5.74) is 1.80. The molecular weight excluding hydrogens is 408 g/mol. The van der Waals surface area contributed by atoms with E-state index in [1.807, 2.05) is 36.4 Å². The highest BCUT2D eigenvalue weighted by Crippen LogP contribution is 2.19. The van der Waals surface area contributed by atoms with Crippen LogP contribution in [0, 0.1) is 5.92 Å².